The molecule has 0 bridgehead atoms. The highest BCUT2D eigenvalue weighted by atomic mass is 16.2. The highest BCUT2D eigenvalue weighted by Gasteiger charge is 2.52. The van der Waals surface area contributed by atoms with Gasteiger partial charge in [0.1, 0.15) is 5.54 Å². The predicted molar refractivity (Wildman–Crippen MR) is 125 cm³/mol. The standard InChI is InChI=1S/C26H29N5O2/c1-19-5-8-23(17-28-19)31-14-13-30(18-20-6-7-20)26(25(31)33)9-11-29(12-10-26)24(32)22-4-2-3-21(15-22)16-27/h2-5,8,15,17,20H,6-7,9-14,18H2,1H3. The van der Waals surface area contributed by atoms with Gasteiger partial charge < -0.3 is 9.80 Å². The number of piperazine rings is 1. The Labute approximate surface area is 194 Å². The van der Waals surface area contributed by atoms with Crippen LogP contribution in [0.15, 0.2) is 42.6 Å². The first-order valence-electron chi connectivity index (χ1n) is 11.8. The molecule has 1 aromatic carbocycles. The number of nitriles is 1. The van der Waals surface area contributed by atoms with Gasteiger partial charge in [-0.3, -0.25) is 19.5 Å². The second-order valence-electron chi connectivity index (χ2n) is 9.52. The number of carbonyl (C=O) groups excluding carboxylic acids is 2. The molecule has 3 fully saturated rings. The molecule has 33 heavy (non-hydrogen) atoms. The van der Waals surface area contributed by atoms with Gasteiger partial charge in [0, 0.05) is 44.0 Å². The monoisotopic (exact) mass is 443 g/mol. The van der Waals surface area contributed by atoms with Crippen LogP contribution in [0, 0.1) is 24.2 Å². The second-order valence-corrected chi connectivity index (χ2v) is 9.52. The third-order valence-corrected chi connectivity index (χ3v) is 7.34. The molecule has 2 saturated heterocycles. The van der Waals surface area contributed by atoms with Crippen molar-refractivity contribution in [2.24, 2.45) is 5.92 Å². The van der Waals surface area contributed by atoms with Crippen molar-refractivity contribution in [2.75, 3.05) is 37.6 Å². The second kappa shape index (κ2) is 8.60. The average molecular weight is 444 g/mol. The molecule has 1 saturated carbocycles. The maximum atomic E-state index is 13.9. The summed E-state index contributed by atoms with van der Waals surface area (Å²) in [4.78, 5) is 37.6. The lowest BCUT2D eigenvalue weighted by Crippen LogP contribution is -2.69. The number of carbonyl (C=O) groups is 2. The highest BCUT2D eigenvalue weighted by molar-refractivity contribution is 6.01. The molecule has 7 heteroatoms. The topological polar surface area (TPSA) is 80.5 Å². The number of benzene rings is 1. The number of likely N-dealkylation sites (tertiary alicyclic amines) is 1. The van der Waals surface area contributed by atoms with E-state index in [0.717, 1.165) is 24.5 Å². The van der Waals surface area contributed by atoms with E-state index in [1.165, 1.54) is 12.8 Å². The van der Waals surface area contributed by atoms with Gasteiger partial charge in [-0.15, -0.1) is 0 Å². The number of piperidine rings is 1. The normalized spacial score (nSPS) is 20.7. The smallest absolute Gasteiger partial charge is 0.253 e. The molecule has 2 amide bonds. The number of aryl methyl sites for hydroxylation is 1. The number of hydrogen-bond donors (Lipinski definition) is 0. The molecule has 3 aliphatic rings. The fourth-order valence-electron chi connectivity index (χ4n) is 5.18. The largest absolute Gasteiger partial charge is 0.338 e. The van der Waals surface area contributed by atoms with E-state index in [2.05, 4.69) is 16.0 Å². The number of rotatable bonds is 4. The van der Waals surface area contributed by atoms with E-state index < -0.39 is 5.54 Å². The van der Waals surface area contributed by atoms with E-state index in [9.17, 15) is 9.59 Å². The van der Waals surface area contributed by atoms with Crippen molar-refractivity contribution in [3.05, 3.63) is 59.4 Å². The molecule has 170 valence electrons. The van der Waals surface area contributed by atoms with Gasteiger partial charge in [0.25, 0.3) is 5.91 Å². The van der Waals surface area contributed by atoms with Crippen LogP contribution in [0.25, 0.3) is 0 Å². The van der Waals surface area contributed by atoms with Crippen LogP contribution in [-0.2, 0) is 4.79 Å². The zero-order valence-corrected chi connectivity index (χ0v) is 19.0. The number of pyridine rings is 1. The molecular formula is C26H29N5O2. The van der Waals surface area contributed by atoms with E-state index in [0.29, 0.717) is 49.5 Å². The number of nitrogens with zero attached hydrogens (tertiary/aromatic N) is 5. The van der Waals surface area contributed by atoms with E-state index in [1.54, 1.807) is 30.5 Å². The molecule has 1 aromatic heterocycles. The Balaban J connectivity index is 1.37. The summed E-state index contributed by atoms with van der Waals surface area (Å²) in [6.45, 7) is 5.48. The van der Waals surface area contributed by atoms with Crippen LogP contribution in [0.5, 0.6) is 0 Å². The van der Waals surface area contributed by atoms with Crippen LogP contribution in [0.3, 0.4) is 0 Å². The number of anilines is 1. The van der Waals surface area contributed by atoms with Gasteiger partial charge in [0.05, 0.1) is 23.5 Å². The number of aromatic nitrogens is 1. The summed E-state index contributed by atoms with van der Waals surface area (Å²) in [5.41, 5.74) is 2.22. The molecule has 0 unspecified atom stereocenters. The van der Waals surface area contributed by atoms with Crippen LogP contribution >= 0.6 is 0 Å². The lowest BCUT2D eigenvalue weighted by atomic mass is 9.81. The van der Waals surface area contributed by atoms with Gasteiger partial charge in [-0.05, 0) is 68.9 Å². The summed E-state index contributed by atoms with van der Waals surface area (Å²) >= 11 is 0. The Morgan fingerprint density at radius 2 is 1.94 bits per heavy atom. The van der Waals surface area contributed by atoms with Crippen molar-refractivity contribution in [3.63, 3.8) is 0 Å². The van der Waals surface area contributed by atoms with E-state index in [1.807, 2.05) is 28.9 Å². The number of hydrogen-bond acceptors (Lipinski definition) is 5. The first kappa shape index (κ1) is 21.6. The van der Waals surface area contributed by atoms with E-state index >= 15 is 0 Å². The Bertz CT molecular complexity index is 1090. The summed E-state index contributed by atoms with van der Waals surface area (Å²) in [6, 6.07) is 12.9. The molecule has 3 heterocycles. The molecule has 0 radical (unpaired) electrons. The van der Waals surface area contributed by atoms with Crippen molar-refractivity contribution in [1.29, 1.82) is 5.26 Å². The lowest BCUT2D eigenvalue weighted by Gasteiger charge is -2.53. The van der Waals surface area contributed by atoms with Crippen LogP contribution in [0.2, 0.25) is 0 Å². The molecule has 1 spiro atoms. The minimum atomic E-state index is -0.572. The Kier molecular flexibility index (Phi) is 5.63. The fraction of sp³-hybridized carbons (Fsp3) is 0.462. The number of amides is 2. The third-order valence-electron chi connectivity index (χ3n) is 7.34. The van der Waals surface area contributed by atoms with Crippen LogP contribution < -0.4 is 4.90 Å². The van der Waals surface area contributed by atoms with Crippen LogP contribution in [-0.4, -0.2) is 64.9 Å². The summed E-state index contributed by atoms with van der Waals surface area (Å²) in [7, 11) is 0. The van der Waals surface area contributed by atoms with Crippen molar-refractivity contribution in [2.45, 2.75) is 38.1 Å². The van der Waals surface area contributed by atoms with Gasteiger partial charge in [-0.25, -0.2) is 0 Å². The van der Waals surface area contributed by atoms with Gasteiger partial charge in [0.15, 0.2) is 0 Å². The van der Waals surface area contributed by atoms with E-state index in [-0.39, 0.29) is 11.8 Å². The average Bonchev–Trinajstić information content (AvgIpc) is 3.67. The SMILES string of the molecule is Cc1ccc(N2CCN(CC3CC3)C3(CCN(C(=O)c4cccc(C#N)c4)CC3)C2=O)cn1. The Hall–Kier alpha value is -3.24. The summed E-state index contributed by atoms with van der Waals surface area (Å²) in [5, 5.41) is 9.16. The third kappa shape index (κ3) is 4.11. The van der Waals surface area contributed by atoms with Gasteiger partial charge in [-0.2, -0.15) is 5.26 Å². The maximum Gasteiger partial charge on any atom is 0.253 e. The zero-order chi connectivity index (χ0) is 23.0. The first-order valence-corrected chi connectivity index (χ1v) is 11.8. The van der Waals surface area contributed by atoms with Crippen molar-refractivity contribution in [1.82, 2.24) is 14.8 Å². The van der Waals surface area contributed by atoms with Crippen molar-refractivity contribution >= 4 is 17.5 Å². The summed E-state index contributed by atoms with van der Waals surface area (Å²) in [5.74, 6) is 0.757. The summed E-state index contributed by atoms with van der Waals surface area (Å²) in [6.07, 6.45) is 5.52. The molecule has 5 rings (SSSR count). The van der Waals surface area contributed by atoms with Gasteiger partial charge in [0.2, 0.25) is 5.91 Å². The van der Waals surface area contributed by atoms with Gasteiger partial charge >= 0.3 is 0 Å². The molecule has 1 aliphatic carbocycles. The molecule has 2 aliphatic heterocycles. The molecule has 7 nitrogen and oxygen atoms in total. The van der Waals surface area contributed by atoms with Crippen LogP contribution in [0.4, 0.5) is 5.69 Å². The minimum absolute atomic E-state index is 0.0708. The van der Waals surface area contributed by atoms with Crippen LogP contribution in [0.1, 0.15) is 47.3 Å². The molecule has 0 N–H and O–H groups in total. The van der Waals surface area contributed by atoms with Crippen molar-refractivity contribution in [3.8, 4) is 6.07 Å². The Morgan fingerprint density at radius 1 is 1.15 bits per heavy atom. The fourth-order valence-corrected chi connectivity index (χ4v) is 5.18. The van der Waals surface area contributed by atoms with E-state index in [4.69, 9.17) is 5.26 Å². The molecular weight excluding hydrogens is 414 g/mol. The maximum absolute atomic E-state index is 13.9. The quantitative estimate of drug-likeness (QED) is 0.726. The zero-order valence-electron chi connectivity index (χ0n) is 19.0. The molecule has 0 atom stereocenters. The van der Waals surface area contributed by atoms with Crippen molar-refractivity contribution < 1.29 is 9.59 Å². The summed E-state index contributed by atoms with van der Waals surface area (Å²) < 4.78 is 0. The first-order chi connectivity index (χ1) is 16.0. The minimum Gasteiger partial charge on any atom is -0.338 e. The Morgan fingerprint density at radius 3 is 2.61 bits per heavy atom. The lowest BCUT2D eigenvalue weighted by molar-refractivity contribution is -0.137. The van der Waals surface area contributed by atoms with Gasteiger partial charge in [-0.1, -0.05) is 6.07 Å². The highest BCUT2D eigenvalue weighted by Crippen LogP contribution is 2.39. The predicted octanol–water partition coefficient (Wildman–Crippen LogP) is 3.00. The molecule has 2 aromatic rings.